The molecule has 0 radical (unpaired) electrons. The summed E-state index contributed by atoms with van der Waals surface area (Å²) in [4.78, 5) is 34.0. The Labute approximate surface area is 178 Å². The van der Waals surface area contributed by atoms with Gasteiger partial charge in [-0.1, -0.05) is 0 Å². The van der Waals surface area contributed by atoms with Crippen molar-refractivity contribution in [3.05, 3.63) is 0 Å². The zero-order valence-electron chi connectivity index (χ0n) is 17.9. The van der Waals surface area contributed by atoms with Gasteiger partial charge in [-0.15, -0.1) is 0 Å². The summed E-state index contributed by atoms with van der Waals surface area (Å²) in [7, 11) is 0. The molecule has 0 unspecified atom stereocenters. The summed E-state index contributed by atoms with van der Waals surface area (Å²) in [6, 6.07) is 0. The van der Waals surface area contributed by atoms with Crippen molar-refractivity contribution in [3.63, 3.8) is 0 Å². The first kappa shape index (κ1) is 25.4. The molecule has 12 nitrogen and oxygen atoms in total. The molecule has 12 N–H and O–H groups in total. The third-order valence-electron chi connectivity index (χ3n) is 4.78. The van der Waals surface area contributed by atoms with E-state index < -0.39 is 0 Å². The van der Waals surface area contributed by atoms with Gasteiger partial charge in [-0.05, 0) is 12.8 Å². The Hall–Kier alpha value is -2.60. The molecule has 0 aromatic carbocycles. The van der Waals surface area contributed by atoms with E-state index in [2.05, 4.69) is 30.4 Å². The van der Waals surface area contributed by atoms with Crippen molar-refractivity contribution in [3.8, 4) is 0 Å². The van der Waals surface area contributed by atoms with Crippen molar-refractivity contribution >= 4 is 23.7 Å². The number of hydrogen-bond acceptors (Lipinski definition) is 4. The predicted molar refractivity (Wildman–Crippen MR) is 116 cm³/mol. The number of amides is 2. The van der Waals surface area contributed by atoms with E-state index in [4.69, 9.17) is 22.9 Å². The second-order valence-electron chi connectivity index (χ2n) is 7.35. The molecule has 1 rings (SSSR count). The number of nitrogens with one attached hydrogen (secondary N) is 4. The summed E-state index contributed by atoms with van der Waals surface area (Å²) in [5.74, 6) is 0.505. The molecule has 2 amide bonds. The minimum atomic E-state index is 0.0565. The van der Waals surface area contributed by atoms with E-state index in [0.29, 0.717) is 39.0 Å². The highest BCUT2D eigenvalue weighted by Crippen LogP contribution is 2.03. The Morgan fingerprint density at radius 3 is 1.40 bits per heavy atom. The molecule has 0 aromatic heterocycles. The van der Waals surface area contributed by atoms with Gasteiger partial charge in [0.05, 0.1) is 13.1 Å². The van der Waals surface area contributed by atoms with Crippen LogP contribution in [0.2, 0.25) is 0 Å². The van der Waals surface area contributed by atoms with Gasteiger partial charge in [0, 0.05) is 65.2 Å². The minimum absolute atomic E-state index is 0.0565. The van der Waals surface area contributed by atoms with E-state index in [-0.39, 0.29) is 23.7 Å². The third-order valence-corrected chi connectivity index (χ3v) is 4.78. The van der Waals surface area contributed by atoms with Crippen LogP contribution in [0.4, 0.5) is 0 Å². The molecular weight excluding hydrogens is 388 g/mol. The molecule has 0 atom stereocenters. The fourth-order valence-electron chi connectivity index (χ4n) is 3.03. The Morgan fingerprint density at radius 1 is 0.700 bits per heavy atom. The maximum atomic E-state index is 11.9. The van der Waals surface area contributed by atoms with Crippen LogP contribution < -0.4 is 43.6 Å². The lowest BCUT2D eigenvalue weighted by atomic mass is 10.2. The van der Waals surface area contributed by atoms with E-state index >= 15 is 0 Å². The minimum Gasteiger partial charge on any atom is -0.356 e. The maximum absolute atomic E-state index is 11.9. The summed E-state index contributed by atoms with van der Waals surface area (Å²) in [6.07, 6.45) is 2.52. The predicted octanol–water partition coefficient (Wildman–Crippen LogP) is -6.90. The SMILES string of the molecule is NC(N)=[NH+]CCCNC(=O)CCN1CCN(CCC(=O)NCCC[NH+]=C(N)N)CC1. The van der Waals surface area contributed by atoms with Crippen LogP contribution in [0.5, 0.6) is 0 Å². The number of carbonyl (C=O) groups excluding carboxylic acids is 2. The Morgan fingerprint density at radius 2 is 1.07 bits per heavy atom. The monoisotopic (exact) mass is 428 g/mol. The first-order valence-electron chi connectivity index (χ1n) is 10.6. The van der Waals surface area contributed by atoms with Gasteiger partial charge < -0.3 is 20.4 Å². The number of nitrogens with zero attached hydrogens (tertiary/aromatic N) is 2. The number of hydrogen-bond donors (Lipinski definition) is 8. The summed E-state index contributed by atoms with van der Waals surface area (Å²) in [6.45, 7) is 7.63. The number of carbonyl (C=O) groups is 2. The van der Waals surface area contributed by atoms with E-state index in [1.54, 1.807) is 0 Å². The Bertz CT molecular complexity index is 515. The fraction of sp³-hybridized carbons (Fsp3) is 0.778. The number of guanidine groups is 2. The highest BCUT2D eigenvalue weighted by Gasteiger charge is 2.18. The van der Waals surface area contributed by atoms with E-state index in [0.717, 1.165) is 52.1 Å². The number of nitrogens with two attached hydrogens (primary N) is 4. The van der Waals surface area contributed by atoms with Crippen molar-refractivity contribution in [2.24, 2.45) is 22.9 Å². The summed E-state index contributed by atoms with van der Waals surface area (Å²) in [5.41, 5.74) is 21.2. The molecular formula is C18H40N10O2+2. The molecule has 1 heterocycles. The van der Waals surface area contributed by atoms with Crippen LogP contribution in [0, 0.1) is 0 Å². The molecule has 172 valence electrons. The number of piperazine rings is 1. The van der Waals surface area contributed by atoms with Gasteiger partial charge in [-0.3, -0.25) is 42.5 Å². The van der Waals surface area contributed by atoms with Crippen molar-refractivity contribution in [1.82, 2.24) is 20.4 Å². The molecule has 0 spiro atoms. The smallest absolute Gasteiger partial charge is 0.338 e. The largest absolute Gasteiger partial charge is 0.356 e. The normalized spacial score (nSPS) is 14.7. The molecule has 0 bridgehead atoms. The zero-order valence-corrected chi connectivity index (χ0v) is 17.9. The number of rotatable bonds is 14. The summed E-state index contributed by atoms with van der Waals surface area (Å²) >= 11 is 0. The molecule has 1 aliphatic rings. The zero-order chi connectivity index (χ0) is 22.2. The molecule has 0 aromatic rings. The van der Waals surface area contributed by atoms with Crippen LogP contribution in [0.15, 0.2) is 0 Å². The van der Waals surface area contributed by atoms with Gasteiger partial charge >= 0.3 is 11.9 Å². The standard InChI is InChI=1S/C18H38N10O2/c19-17(20)25-7-1-5-23-15(29)3-9-27-11-13-28(14-12-27)10-4-16(30)24-6-2-8-26-18(21)22/h1-14H2,(H,23,29)(H,24,30)(H4,19,20,25)(H4,21,22,26)/p+2. The van der Waals surface area contributed by atoms with Gasteiger partial charge in [0.2, 0.25) is 11.8 Å². The summed E-state index contributed by atoms with van der Waals surface area (Å²) in [5, 5.41) is 5.80. The second kappa shape index (κ2) is 15.3. The average molecular weight is 429 g/mol. The van der Waals surface area contributed by atoms with Crippen molar-refractivity contribution in [2.75, 3.05) is 65.4 Å². The molecule has 1 aliphatic heterocycles. The van der Waals surface area contributed by atoms with Gasteiger partial charge in [0.25, 0.3) is 0 Å². The third kappa shape index (κ3) is 13.6. The van der Waals surface area contributed by atoms with Gasteiger partial charge in [0.1, 0.15) is 0 Å². The van der Waals surface area contributed by atoms with Crippen LogP contribution >= 0.6 is 0 Å². The molecule has 30 heavy (non-hydrogen) atoms. The maximum Gasteiger partial charge on any atom is 0.338 e. The lowest BCUT2D eigenvalue weighted by Crippen LogP contribution is -2.78. The van der Waals surface area contributed by atoms with Crippen molar-refractivity contribution < 1.29 is 19.6 Å². The lowest BCUT2D eigenvalue weighted by molar-refractivity contribution is -0.459. The average Bonchev–Trinajstić information content (AvgIpc) is 2.70. The van der Waals surface area contributed by atoms with Crippen molar-refractivity contribution in [1.29, 1.82) is 0 Å². The Kier molecular flexibility index (Phi) is 12.9. The highest BCUT2D eigenvalue weighted by molar-refractivity contribution is 5.76. The van der Waals surface area contributed by atoms with Crippen LogP contribution in [-0.4, -0.2) is 99.0 Å². The molecule has 1 fully saturated rings. The van der Waals surface area contributed by atoms with E-state index in [1.165, 1.54) is 0 Å². The van der Waals surface area contributed by atoms with Crippen LogP contribution in [0.3, 0.4) is 0 Å². The highest BCUT2D eigenvalue weighted by atomic mass is 16.2. The molecule has 0 saturated carbocycles. The van der Waals surface area contributed by atoms with Crippen LogP contribution in [-0.2, 0) is 9.59 Å². The van der Waals surface area contributed by atoms with Crippen molar-refractivity contribution in [2.45, 2.75) is 25.7 Å². The van der Waals surface area contributed by atoms with E-state index in [9.17, 15) is 9.59 Å². The van der Waals surface area contributed by atoms with Gasteiger partial charge in [-0.2, -0.15) is 0 Å². The van der Waals surface area contributed by atoms with Crippen LogP contribution in [0.25, 0.3) is 0 Å². The lowest BCUT2D eigenvalue weighted by Gasteiger charge is -2.34. The summed E-state index contributed by atoms with van der Waals surface area (Å²) < 4.78 is 0. The molecule has 0 aliphatic carbocycles. The quantitative estimate of drug-likeness (QED) is 0.0758. The molecule has 12 heteroatoms. The van der Waals surface area contributed by atoms with Gasteiger partial charge in [0.15, 0.2) is 0 Å². The van der Waals surface area contributed by atoms with Crippen LogP contribution in [0.1, 0.15) is 25.7 Å². The molecule has 1 saturated heterocycles. The van der Waals surface area contributed by atoms with E-state index in [1.807, 2.05) is 0 Å². The first-order valence-corrected chi connectivity index (χ1v) is 10.6. The topological polar surface area (TPSA) is 197 Å². The first-order chi connectivity index (χ1) is 14.4. The Balaban J connectivity index is 2.03. The van der Waals surface area contributed by atoms with Gasteiger partial charge in [-0.25, -0.2) is 0 Å². The second-order valence-corrected chi connectivity index (χ2v) is 7.35. The fourth-order valence-corrected chi connectivity index (χ4v) is 3.03.